The van der Waals surface area contributed by atoms with E-state index in [4.69, 9.17) is 14.3 Å². The summed E-state index contributed by atoms with van der Waals surface area (Å²) in [6.45, 7) is 2.62. The Morgan fingerprint density at radius 1 is 1.29 bits per heavy atom. The largest absolute Gasteiger partial charge is 0.494 e. The lowest BCUT2D eigenvalue weighted by atomic mass is 10.2. The number of aliphatic carboxylic acids is 1. The van der Waals surface area contributed by atoms with Crippen LogP contribution in [0, 0.1) is 0 Å². The summed E-state index contributed by atoms with van der Waals surface area (Å²) in [6, 6.07) is 7.26. The second-order valence-electron chi connectivity index (χ2n) is 5.15. The van der Waals surface area contributed by atoms with Crippen LogP contribution in [0.3, 0.4) is 0 Å². The number of carboxylic acids is 1. The van der Waals surface area contributed by atoms with Crippen LogP contribution < -0.4 is 10.1 Å². The van der Waals surface area contributed by atoms with Crippen LogP contribution in [0.5, 0.6) is 5.75 Å². The van der Waals surface area contributed by atoms with Crippen LogP contribution in [0.4, 0.5) is 0 Å². The first-order valence-electron chi connectivity index (χ1n) is 7.74. The highest BCUT2D eigenvalue weighted by atomic mass is 16.5. The summed E-state index contributed by atoms with van der Waals surface area (Å²) < 4.78 is 10.6. The number of carbonyl (C=O) groups excluding carboxylic acids is 1. The summed E-state index contributed by atoms with van der Waals surface area (Å²) in [7, 11) is 0. The predicted octanol–water partition coefficient (Wildman–Crippen LogP) is 2.41. The molecule has 2 rings (SSSR count). The quantitative estimate of drug-likeness (QED) is 0.684. The lowest BCUT2D eigenvalue weighted by molar-refractivity contribution is -0.137. The molecule has 0 bridgehead atoms. The molecule has 0 aliphatic heterocycles. The maximum absolute atomic E-state index is 12.0. The Labute approximate surface area is 139 Å². The molecule has 0 saturated carbocycles. The molecule has 0 aliphatic rings. The second-order valence-corrected chi connectivity index (χ2v) is 5.15. The van der Waals surface area contributed by atoms with Crippen LogP contribution in [-0.4, -0.2) is 28.6 Å². The number of aryl methyl sites for hydroxylation is 1. The summed E-state index contributed by atoms with van der Waals surface area (Å²) in [4.78, 5) is 26.4. The Morgan fingerprint density at radius 2 is 2.04 bits per heavy atom. The van der Waals surface area contributed by atoms with Gasteiger partial charge in [-0.15, -0.1) is 0 Å². The summed E-state index contributed by atoms with van der Waals surface area (Å²) >= 11 is 0. The van der Waals surface area contributed by atoms with Gasteiger partial charge in [0, 0.05) is 19.4 Å². The van der Waals surface area contributed by atoms with Gasteiger partial charge < -0.3 is 19.6 Å². The molecule has 2 aromatic rings. The van der Waals surface area contributed by atoms with E-state index in [0.29, 0.717) is 43.2 Å². The number of ether oxygens (including phenoxy) is 1. The molecule has 0 fully saturated rings. The van der Waals surface area contributed by atoms with Crippen LogP contribution in [0.25, 0.3) is 0 Å². The van der Waals surface area contributed by atoms with Gasteiger partial charge in [-0.1, -0.05) is 19.1 Å². The first-order valence-corrected chi connectivity index (χ1v) is 7.74. The van der Waals surface area contributed by atoms with Crippen LogP contribution in [0.1, 0.15) is 41.6 Å². The Hall–Kier alpha value is -2.83. The fraction of sp³-hybridized carbons (Fsp3) is 0.353. The van der Waals surface area contributed by atoms with Gasteiger partial charge in [-0.3, -0.25) is 9.59 Å². The Bertz CT molecular complexity index is 679. The Balaban J connectivity index is 1.79. The van der Waals surface area contributed by atoms with E-state index in [1.165, 1.54) is 6.39 Å². The molecule has 1 amide bonds. The van der Waals surface area contributed by atoms with Crippen LogP contribution >= 0.6 is 0 Å². The lowest BCUT2D eigenvalue weighted by Gasteiger charge is -2.07. The van der Waals surface area contributed by atoms with E-state index >= 15 is 0 Å². The van der Waals surface area contributed by atoms with Crippen molar-refractivity contribution in [2.75, 3.05) is 6.61 Å². The molecular weight excluding hydrogens is 312 g/mol. The molecule has 0 radical (unpaired) electrons. The second kappa shape index (κ2) is 8.71. The average molecular weight is 332 g/mol. The number of nitrogens with one attached hydrogen (secondary N) is 1. The van der Waals surface area contributed by atoms with E-state index in [9.17, 15) is 9.59 Å². The SMILES string of the molecule is CCc1ocnc1C(=O)NCc1ccc(OCCCC(=O)O)cc1. The molecule has 128 valence electrons. The van der Waals surface area contributed by atoms with Gasteiger partial charge in [0.2, 0.25) is 0 Å². The number of hydrogen-bond acceptors (Lipinski definition) is 5. The van der Waals surface area contributed by atoms with Crippen molar-refractivity contribution in [3.63, 3.8) is 0 Å². The zero-order chi connectivity index (χ0) is 17.4. The van der Waals surface area contributed by atoms with Crippen molar-refractivity contribution in [2.24, 2.45) is 0 Å². The number of oxazole rings is 1. The van der Waals surface area contributed by atoms with Gasteiger partial charge in [0.25, 0.3) is 5.91 Å². The van der Waals surface area contributed by atoms with Gasteiger partial charge in [0.1, 0.15) is 11.5 Å². The topological polar surface area (TPSA) is 102 Å². The van der Waals surface area contributed by atoms with Crippen LogP contribution in [0.15, 0.2) is 35.1 Å². The van der Waals surface area contributed by atoms with Crippen LogP contribution in [0.2, 0.25) is 0 Å². The van der Waals surface area contributed by atoms with Crippen molar-refractivity contribution in [3.8, 4) is 5.75 Å². The van der Waals surface area contributed by atoms with Crippen molar-refractivity contribution < 1.29 is 23.8 Å². The number of carbonyl (C=O) groups is 2. The third-order valence-electron chi connectivity index (χ3n) is 3.36. The number of aromatic nitrogens is 1. The molecule has 2 N–H and O–H groups in total. The molecule has 1 heterocycles. The average Bonchev–Trinajstić information content (AvgIpc) is 3.06. The molecule has 1 aromatic carbocycles. The van der Waals surface area contributed by atoms with Gasteiger partial charge in [-0.05, 0) is 24.1 Å². The van der Waals surface area contributed by atoms with Gasteiger partial charge in [0.15, 0.2) is 12.1 Å². The maximum atomic E-state index is 12.0. The zero-order valence-electron chi connectivity index (χ0n) is 13.4. The van der Waals surface area contributed by atoms with Crippen molar-refractivity contribution in [3.05, 3.63) is 47.7 Å². The molecule has 7 nitrogen and oxygen atoms in total. The van der Waals surface area contributed by atoms with Crippen molar-refractivity contribution in [1.29, 1.82) is 0 Å². The fourth-order valence-corrected chi connectivity index (χ4v) is 2.09. The molecule has 7 heteroatoms. The fourth-order valence-electron chi connectivity index (χ4n) is 2.09. The monoisotopic (exact) mass is 332 g/mol. The minimum Gasteiger partial charge on any atom is -0.494 e. The van der Waals surface area contributed by atoms with Gasteiger partial charge >= 0.3 is 5.97 Å². The van der Waals surface area contributed by atoms with E-state index in [2.05, 4.69) is 10.3 Å². The molecule has 0 aliphatic carbocycles. The van der Waals surface area contributed by atoms with E-state index in [1.807, 2.05) is 19.1 Å². The third-order valence-corrected chi connectivity index (χ3v) is 3.36. The number of hydrogen-bond donors (Lipinski definition) is 2. The highest BCUT2D eigenvalue weighted by Gasteiger charge is 2.14. The van der Waals surface area contributed by atoms with E-state index < -0.39 is 5.97 Å². The van der Waals surface area contributed by atoms with Crippen molar-refractivity contribution in [2.45, 2.75) is 32.7 Å². The zero-order valence-corrected chi connectivity index (χ0v) is 13.4. The number of amides is 1. The van der Waals surface area contributed by atoms with Crippen LogP contribution in [-0.2, 0) is 17.8 Å². The predicted molar refractivity (Wildman–Crippen MR) is 85.9 cm³/mol. The van der Waals surface area contributed by atoms with Crippen molar-refractivity contribution in [1.82, 2.24) is 10.3 Å². The standard InChI is InChI=1S/C17H20N2O5/c1-2-14-16(19-11-24-14)17(22)18-10-12-5-7-13(8-6-12)23-9-3-4-15(20)21/h5-8,11H,2-4,9-10H2,1H3,(H,18,22)(H,20,21). The highest BCUT2D eigenvalue weighted by Crippen LogP contribution is 2.13. The summed E-state index contributed by atoms with van der Waals surface area (Å²) in [6.07, 6.45) is 2.43. The number of benzene rings is 1. The van der Waals surface area contributed by atoms with Gasteiger partial charge in [0.05, 0.1) is 6.61 Å². The van der Waals surface area contributed by atoms with E-state index in [1.54, 1.807) is 12.1 Å². The normalized spacial score (nSPS) is 10.4. The summed E-state index contributed by atoms with van der Waals surface area (Å²) in [5, 5.41) is 11.3. The molecule has 0 unspecified atom stereocenters. The first-order chi connectivity index (χ1) is 11.6. The molecule has 0 saturated heterocycles. The summed E-state index contributed by atoms with van der Waals surface area (Å²) in [5.41, 5.74) is 1.23. The Morgan fingerprint density at radius 3 is 2.71 bits per heavy atom. The molecule has 24 heavy (non-hydrogen) atoms. The summed E-state index contributed by atoms with van der Waals surface area (Å²) in [5.74, 6) is 0.135. The molecular formula is C17H20N2O5. The number of rotatable bonds is 9. The minimum atomic E-state index is -0.831. The van der Waals surface area contributed by atoms with E-state index in [0.717, 1.165) is 5.56 Å². The highest BCUT2D eigenvalue weighted by molar-refractivity contribution is 5.93. The van der Waals surface area contributed by atoms with Gasteiger partial charge in [-0.2, -0.15) is 0 Å². The van der Waals surface area contributed by atoms with Crippen molar-refractivity contribution >= 4 is 11.9 Å². The maximum Gasteiger partial charge on any atom is 0.303 e. The van der Waals surface area contributed by atoms with E-state index in [-0.39, 0.29) is 12.3 Å². The number of carboxylic acid groups (broad SMARTS) is 1. The van der Waals surface area contributed by atoms with Gasteiger partial charge in [-0.25, -0.2) is 4.98 Å². The third kappa shape index (κ3) is 5.12. The number of nitrogens with zero attached hydrogens (tertiary/aromatic N) is 1. The molecule has 0 atom stereocenters. The molecule has 0 spiro atoms. The lowest BCUT2D eigenvalue weighted by Crippen LogP contribution is -2.24. The Kier molecular flexibility index (Phi) is 6.36. The molecule has 1 aromatic heterocycles. The minimum absolute atomic E-state index is 0.0892. The first kappa shape index (κ1) is 17.5. The smallest absolute Gasteiger partial charge is 0.303 e.